The molecule has 0 bridgehead atoms. The fourth-order valence-corrected chi connectivity index (χ4v) is 3.52. The van der Waals surface area contributed by atoms with Crippen LogP contribution in [0.2, 0.25) is 0 Å². The third-order valence-corrected chi connectivity index (χ3v) is 4.87. The van der Waals surface area contributed by atoms with E-state index < -0.39 is 10.0 Å². The lowest BCUT2D eigenvalue weighted by Crippen LogP contribution is -2.32. The highest BCUT2D eigenvalue weighted by molar-refractivity contribution is 7.89. The van der Waals surface area contributed by atoms with Crippen LogP contribution < -0.4 is 10.5 Å². The van der Waals surface area contributed by atoms with Crippen LogP contribution in [0.3, 0.4) is 0 Å². The van der Waals surface area contributed by atoms with E-state index in [9.17, 15) is 8.42 Å². The molecular formula is C13H20N2O3S. The van der Waals surface area contributed by atoms with Gasteiger partial charge in [0.25, 0.3) is 0 Å². The Hall–Kier alpha value is -0.950. The summed E-state index contributed by atoms with van der Waals surface area (Å²) in [4.78, 5) is 0.308. The van der Waals surface area contributed by atoms with Crippen molar-refractivity contribution in [3.05, 3.63) is 29.3 Å². The Kier molecular flexibility index (Phi) is 4.57. The molecular weight excluding hydrogens is 264 g/mol. The van der Waals surface area contributed by atoms with Crippen molar-refractivity contribution < 1.29 is 13.2 Å². The van der Waals surface area contributed by atoms with Gasteiger partial charge in [-0.05, 0) is 37.0 Å². The number of ether oxygens (including phenoxy) is 1. The molecule has 6 heteroatoms. The number of benzene rings is 1. The molecule has 19 heavy (non-hydrogen) atoms. The monoisotopic (exact) mass is 284 g/mol. The van der Waals surface area contributed by atoms with Gasteiger partial charge in [0.2, 0.25) is 10.0 Å². The summed E-state index contributed by atoms with van der Waals surface area (Å²) in [5.41, 5.74) is 7.17. The first kappa shape index (κ1) is 14.5. The van der Waals surface area contributed by atoms with E-state index in [4.69, 9.17) is 10.5 Å². The first-order chi connectivity index (χ1) is 9.03. The van der Waals surface area contributed by atoms with Gasteiger partial charge in [0.1, 0.15) is 0 Å². The Bertz CT molecular complexity index is 537. The summed E-state index contributed by atoms with van der Waals surface area (Å²) in [6.45, 7) is 3.24. The molecule has 0 saturated carbocycles. The van der Waals surface area contributed by atoms with Gasteiger partial charge in [0.05, 0.1) is 11.0 Å². The second kappa shape index (κ2) is 6.00. The van der Waals surface area contributed by atoms with Crippen molar-refractivity contribution in [3.63, 3.8) is 0 Å². The van der Waals surface area contributed by atoms with Crippen LogP contribution >= 0.6 is 0 Å². The Morgan fingerprint density at radius 1 is 1.47 bits per heavy atom. The largest absolute Gasteiger partial charge is 0.377 e. The predicted molar refractivity (Wildman–Crippen MR) is 73.2 cm³/mol. The van der Waals surface area contributed by atoms with Gasteiger partial charge < -0.3 is 10.5 Å². The quantitative estimate of drug-likeness (QED) is 0.842. The van der Waals surface area contributed by atoms with Crippen LogP contribution in [0.25, 0.3) is 0 Å². The van der Waals surface area contributed by atoms with Crippen molar-refractivity contribution in [1.29, 1.82) is 0 Å². The van der Waals surface area contributed by atoms with Crippen LogP contribution in [-0.2, 0) is 21.3 Å². The van der Waals surface area contributed by atoms with Gasteiger partial charge in [-0.25, -0.2) is 13.1 Å². The van der Waals surface area contributed by atoms with E-state index in [-0.39, 0.29) is 6.10 Å². The molecule has 1 heterocycles. The van der Waals surface area contributed by atoms with Gasteiger partial charge in [-0.2, -0.15) is 0 Å². The minimum absolute atomic E-state index is 0.00149. The highest BCUT2D eigenvalue weighted by atomic mass is 32.2. The van der Waals surface area contributed by atoms with Crippen LogP contribution in [-0.4, -0.2) is 27.7 Å². The smallest absolute Gasteiger partial charge is 0.240 e. The molecule has 1 aliphatic heterocycles. The van der Waals surface area contributed by atoms with Crippen molar-refractivity contribution in [1.82, 2.24) is 4.72 Å². The average molecular weight is 284 g/mol. The molecule has 1 aromatic carbocycles. The third-order valence-electron chi connectivity index (χ3n) is 3.29. The zero-order valence-corrected chi connectivity index (χ0v) is 11.9. The van der Waals surface area contributed by atoms with Gasteiger partial charge in [0.15, 0.2) is 0 Å². The van der Waals surface area contributed by atoms with Gasteiger partial charge >= 0.3 is 0 Å². The highest BCUT2D eigenvalue weighted by Gasteiger charge is 2.21. The molecule has 106 valence electrons. The highest BCUT2D eigenvalue weighted by Crippen LogP contribution is 2.17. The maximum atomic E-state index is 12.2. The number of nitrogens with two attached hydrogens (primary N) is 1. The summed E-state index contributed by atoms with van der Waals surface area (Å²) in [5, 5.41) is 0. The molecule has 0 amide bonds. The van der Waals surface area contributed by atoms with E-state index in [2.05, 4.69) is 4.72 Å². The van der Waals surface area contributed by atoms with Gasteiger partial charge in [-0.15, -0.1) is 0 Å². The molecule has 1 atom stereocenters. The molecule has 5 nitrogen and oxygen atoms in total. The maximum Gasteiger partial charge on any atom is 0.240 e. The molecule has 1 aromatic rings. The Morgan fingerprint density at radius 2 is 2.26 bits per heavy atom. The lowest BCUT2D eigenvalue weighted by Gasteiger charge is -2.13. The summed E-state index contributed by atoms with van der Waals surface area (Å²) in [5.74, 6) is 0. The first-order valence-electron chi connectivity index (χ1n) is 6.44. The Balaban J connectivity index is 2.10. The molecule has 0 radical (unpaired) electrons. The van der Waals surface area contributed by atoms with E-state index in [0.29, 0.717) is 23.5 Å². The van der Waals surface area contributed by atoms with Crippen LogP contribution in [0.4, 0.5) is 0 Å². The van der Waals surface area contributed by atoms with Gasteiger partial charge in [-0.1, -0.05) is 12.1 Å². The third kappa shape index (κ3) is 3.54. The number of aryl methyl sites for hydroxylation is 1. The standard InChI is InChI=1S/C13H20N2O3S/c1-10-7-11(8-14)4-5-13(10)19(16,17)15-9-12-3-2-6-18-12/h4-5,7,12,15H,2-3,6,8-9,14H2,1H3. The van der Waals surface area contributed by atoms with Crippen LogP contribution in [0.5, 0.6) is 0 Å². The minimum Gasteiger partial charge on any atom is -0.377 e. The van der Waals surface area contributed by atoms with E-state index >= 15 is 0 Å². The molecule has 0 spiro atoms. The summed E-state index contributed by atoms with van der Waals surface area (Å²) < 4.78 is 32.4. The van der Waals surface area contributed by atoms with Crippen molar-refractivity contribution >= 4 is 10.0 Å². The maximum absolute atomic E-state index is 12.2. The second-order valence-electron chi connectivity index (χ2n) is 4.79. The van der Waals surface area contributed by atoms with Crippen molar-refractivity contribution in [2.45, 2.75) is 37.3 Å². The average Bonchev–Trinajstić information content (AvgIpc) is 2.89. The molecule has 0 aliphatic carbocycles. The number of sulfonamides is 1. The van der Waals surface area contributed by atoms with Crippen LogP contribution in [0, 0.1) is 6.92 Å². The Morgan fingerprint density at radius 3 is 2.84 bits per heavy atom. The molecule has 3 N–H and O–H groups in total. The van der Waals surface area contributed by atoms with Crippen molar-refractivity contribution in [2.75, 3.05) is 13.2 Å². The van der Waals surface area contributed by atoms with E-state index in [1.807, 2.05) is 0 Å². The van der Waals surface area contributed by atoms with E-state index in [0.717, 1.165) is 25.0 Å². The molecule has 2 rings (SSSR count). The van der Waals surface area contributed by atoms with Gasteiger partial charge in [0, 0.05) is 19.7 Å². The van der Waals surface area contributed by atoms with Crippen LogP contribution in [0.1, 0.15) is 24.0 Å². The molecule has 1 saturated heterocycles. The van der Waals surface area contributed by atoms with E-state index in [1.54, 1.807) is 25.1 Å². The van der Waals surface area contributed by atoms with Gasteiger partial charge in [-0.3, -0.25) is 0 Å². The summed E-state index contributed by atoms with van der Waals surface area (Å²) >= 11 is 0. The first-order valence-corrected chi connectivity index (χ1v) is 7.92. The van der Waals surface area contributed by atoms with Crippen molar-refractivity contribution in [2.24, 2.45) is 5.73 Å². The summed E-state index contributed by atoms with van der Waals surface area (Å²) in [7, 11) is -3.47. The topological polar surface area (TPSA) is 81.4 Å². The lowest BCUT2D eigenvalue weighted by molar-refractivity contribution is 0.114. The number of nitrogens with one attached hydrogen (secondary N) is 1. The normalized spacial score (nSPS) is 19.8. The minimum atomic E-state index is -3.47. The molecule has 1 unspecified atom stereocenters. The van der Waals surface area contributed by atoms with Crippen LogP contribution in [0.15, 0.2) is 23.1 Å². The summed E-state index contributed by atoms with van der Waals surface area (Å²) in [6.07, 6.45) is 1.91. The molecule has 1 fully saturated rings. The Labute approximate surface area is 114 Å². The summed E-state index contributed by atoms with van der Waals surface area (Å²) in [6, 6.07) is 5.16. The second-order valence-corrected chi connectivity index (χ2v) is 6.53. The lowest BCUT2D eigenvalue weighted by atomic mass is 10.1. The molecule has 0 aromatic heterocycles. The molecule has 1 aliphatic rings. The predicted octanol–water partition coefficient (Wildman–Crippen LogP) is 0.911. The SMILES string of the molecule is Cc1cc(CN)ccc1S(=O)(=O)NCC1CCCO1. The van der Waals surface area contributed by atoms with E-state index in [1.165, 1.54) is 0 Å². The number of hydrogen-bond donors (Lipinski definition) is 2. The number of hydrogen-bond acceptors (Lipinski definition) is 4. The van der Waals surface area contributed by atoms with Crippen molar-refractivity contribution in [3.8, 4) is 0 Å². The fourth-order valence-electron chi connectivity index (χ4n) is 2.23. The number of rotatable bonds is 5. The zero-order chi connectivity index (χ0) is 13.9. The fraction of sp³-hybridized carbons (Fsp3) is 0.538. The zero-order valence-electron chi connectivity index (χ0n) is 11.1.